The number of hydrogen-bond donors (Lipinski definition) is 2. The molecule has 0 saturated carbocycles. The number of rotatable bonds is 5. The van der Waals surface area contributed by atoms with Gasteiger partial charge in [-0.3, -0.25) is 4.79 Å². The average Bonchev–Trinajstić information content (AvgIpc) is 3.47. The quantitative estimate of drug-likeness (QED) is 0.232. The highest BCUT2D eigenvalue weighted by Crippen LogP contribution is 2.45. The number of hydrogen-bond acceptors (Lipinski definition) is 7. The monoisotopic (exact) mass is 587 g/mol. The van der Waals surface area contributed by atoms with Gasteiger partial charge < -0.3 is 15.8 Å². The van der Waals surface area contributed by atoms with Crippen LogP contribution in [0.2, 0.25) is 0 Å². The highest BCUT2D eigenvalue weighted by atomic mass is 32.1. The third-order valence-corrected chi connectivity index (χ3v) is 11.0. The van der Waals surface area contributed by atoms with Crippen molar-refractivity contribution in [2.45, 2.75) is 72.1 Å². The topological polar surface area (TPSA) is 94.3 Å². The fourth-order valence-corrected chi connectivity index (χ4v) is 8.66. The number of fused-ring (bicyclic) bond motifs is 3. The fraction of sp³-hybridized carbons (Fsp3) is 0.424. The van der Waals surface area contributed by atoms with Crippen LogP contribution in [0.3, 0.4) is 0 Å². The smallest absolute Gasteiger partial charge is 0.341 e. The van der Waals surface area contributed by atoms with E-state index in [9.17, 15) is 9.59 Å². The van der Waals surface area contributed by atoms with E-state index in [4.69, 9.17) is 15.5 Å². The Hall–Kier alpha value is -3.23. The zero-order valence-corrected chi connectivity index (χ0v) is 25.8. The van der Waals surface area contributed by atoms with E-state index in [1.54, 1.807) is 6.92 Å². The predicted octanol–water partition coefficient (Wildman–Crippen LogP) is 7.79. The van der Waals surface area contributed by atoms with Gasteiger partial charge in [-0.05, 0) is 85.5 Å². The van der Waals surface area contributed by atoms with Crippen molar-refractivity contribution in [2.75, 3.05) is 17.7 Å². The van der Waals surface area contributed by atoms with Crippen molar-refractivity contribution >= 4 is 55.5 Å². The molecule has 3 aromatic heterocycles. The first kappa shape index (κ1) is 27.9. The molecule has 1 amide bonds. The number of benzene rings is 1. The minimum atomic E-state index is -0.374. The van der Waals surface area contributed by atoms with Crippen molar-refractivity contribution in [2.24, 2.45) is 11.3 Å². The number of ether oxygens (including phenoxy) is 1. The molecular weight excluding hydrogens is 551 g/mol. The molecule has 2 unspecified atom stereocenters. The Morgan fingerprint density at radius 2 is 1.88 bits per heavy atom. The number of carbonyl (C=O) groups is 2. The largest absolute Gasteiger partial charge is 0.462 e. The van der Waals surface area contributed by atoms with Crippen LogP contribution in [-0.2, 0) is 30.4 Å². The van der Waals surface area contributed by atoms with Gasteiger partial charge >= 0.3 is 5.97 Å². The molecule has 0 saturated heterocycles. The number of nitrogens with one attached hydrogen (secondary N) is 1. The molecule has 0 fully saturated rings. The van der Waals surface area contributed by atoms with E-state index in [-0.39, 0.29) is 23.9 Å². The number of nitrogen functional groups attached to an aromatic ring is 1. The van der Waals surface area contributed by atoms with Crippen molar-refractivity contribution in [3.05, 3.63) is 74.1 Å². The van der Waals surface area contributed by atoms with E-state index < -0.39 is 0 Å². The summed E-state index contributed by atoms with van der Waals surface area (Å²) in [6.07, 6.45) is 5.59. The van der Waals surface area contributed by atoms with E-state index >= 15 is 0 Å². The number of amides is 1. The number of nitrogens with zero attached hydrogens (tertiary/aromatic N) is 1. The van der Waals surface area contributed by atoms with Crippen molar-refractivity contribution in [1.82, 2.24) is 4.98 Å². The lowest BCUT2D eigenvalue weighted by Crippen LogP contribution is -2.26. The van der Waals surface area contributed by atoms with Crippen LogP contribution in [0.1, 0.15) is 93.7 Å². The van der Waals surface area contributed by atoms with Crippen LogP contribution in [0.4, 0.5) is 10.7 Å². The van der Waals surface area contributed by atoms with Gasteiger partial charge in [0, 0.05) is 16.0 Å². The molecule has 6 nitrogen and oxygen atoms in total. The lowest BCUT2D eigenvalue weighted by atomic mass is 9.72. The zero-order valence-electron chi connectivity index (χ0n) is 24.1. The Morgan fingerprint density at radius 1 is 1.10 bits per heavy atom. The Morgan fingerprint density at radius 3 is 2.61 bits per heavy atom. The van der Waals surface area contributed by atoms with Crippen molar-refractivity contribution in [3.63, 3.8) is 0 Å². The van der Waals surface area contributed by atoms with Crippen LogP contribution in [0, 0.1) is 11.3 Å². The second-order valence-electron chi connectivity index (χ2n) is 12.3. The molecule has 8 heteroatoms. The van der Waals surface area contributed by atoms with Gasteiger partial charge in [0.25, 0.3) is 5.91 Å². The van der Waals surface area contributed by atoms with Gasteiger partial charge in [-0.1, -0.05) is 51.1 Å². The molecule has 0 radical (unpaired) electrons. The molecule has 2 aliphatic rings. The molecule has 0 aliphatic heterocycles. The second-order valence-corrected chi connectivity index (χ2v) is 14.4. The van der Waals surface area contributed by atoms with Gasteiger partial charge in [0.2, 0.25) is 0 Å². The second kappa shape index (κ2) is 10.9. The molecule has 0 bridgehead atoms. The molecule has 4 aromatic rings. The molecule has 6 rings (SSSR count). The van der Waals surface area contributed by atoms with E-state index in [1.165, 1.54) is 38.7 Å². The van der Waals surface area contributed by atoms with Crippen molar-refractivity contribution < 1.29 is 14.3 Å². The van der Waals surface area contributed by atoms with E-state index in [1.807, 2.05) is 6.07 Å². The zero-order chi connectivity index (χ0) is 28.9. The first-order valence-electron chi connectivity index (χ1n) is 14.5. The summed E-state index contributed by atoms with van der Waals surface area (Å²) in [5.74, 6) is 0.294. The first-order chi connectivity index (χ1) is 19.6. The third kappa shape index (κ3) is 5.28. The maximum Gasteiger partial charge on any atom is 0.341 e. The van der Waals surface area contributed by atoms with Crippen LogP contribution in [0.5, 0.6) is 0 Å². The predicted molar refractivity (Wildman–Crippen MR) is 168 cm³/mol. The molecule has 2 atom stereocenters. The number of thiophene rings is 2. The van der Waals surface area contributed by atoms with Gasteiger partial charge in [0.05, 0.1) is 17.9 Å². The third-order valence-electron chi connectivity index (χ3n) is 8.76. The number of pyridine rings is 1. The molecule has 0 spiro atoms. The number of nitrogens with two attached hydrogens (primary N) is 1. The molecular formula is C33H37N3O3S2. The summed E-state index contributed by atoms with van der Waals surface area (Å²) in [5.41, 5.74) is 12.4. The molecule has 214 valence electrons. The fourth-order valence-electron chi connectivity index (χ4n) is 6.36. The standard InChI is InChI=1S/C33H37N3O3S2/c1-5-39-32(38)26-22-13-12-21(33(2,3)4)17-25(22)40-31(26)36-29(37)28-27(34)23-16-20-15-19(18-9-7-6-8-10-18)11-14-24(20)35-30(23)41-28/h6-10,16,19,21H,5,11-15,17,34H2,1-4H3,(H,36,37). The Labute approximate surface area is 249 Å². The SMILES string of the molecule is CCOC(=O)c1c(NC(=O)c2sc3nc4c(cc3c2N)CC(c2ccccc2)CC4)sc2c1CCC(C(C)(C)C)C2. The van der Waals surface area contributed by atoms with Gasteiger partial charge in [0.1, 0.15) is 14.7 Å². The Kier molecular flexibility index (Phi) is 7.41. The minimum absolute atomic E-state index is 0.175. The highest BCUT2D eigenvalue weighted by molar-refractivity contribution is 7.21. The van der Waals surface area contributed by atoms with Gasteiger partial charge in [-0.25, -0.2) is 9.78 Å². The van der Waals surface area contributed by atoms with Crippen LogP contribution < -0.4 is 11.1 Å². The lowest BCUT2D eigenvalue weighted by Gasteiger charge is -2.33. The van der Waals surface area contributed by atoms with E-state index in [0.29, 0.717) is 33.0 Å². The summed E-state index contributed by atoms with van der Waals surface area (Å²) >= 11 is 2.83. The number of esters is 1. The van der Waals surface area contributed by atoms with Gasteiger partial charge in [-0.15, -0.1) is 22.7 Å². The molecule has 2 aliphatic carbocycles. The maximum atomic E-state index is 13.7. The maximum absolute atomic E-state index is 13.7. The molecule has 3 N–H and O–H groups in total. The summed E-state index contributed by atoms with van der Waals surface area (Å²) < 4.78 is 5.43. The summed E-state index contributed by atoms with van der Waals surface area (Å²) in [4.78, 5) is 34.1. The van der Waals surface area contributed by atoms with Gasteiger partial charge in [-0.2, -0.15) is 0 Å². The first-order valence-corrected chi connectivity index (χ1v) is 16.2. The molecule has 1 aromatic carbocycles. The summed E-state index contributed by atoms with van der Waals surface area (Å²) in [5, 5.41) is 4.45. The van der Waals surface area contributed by atoms with E-state index in [0.717, 1.165) is 60.0 Å². The summed E-state index contributed by atoms with van der Waals surface area (Å²) in [6, 6.07) is 12.8. The molecule has 41 heavy (non-hydrogen) atoms. The van der Waals surface area contributed by atoms with E-state index in [2.05, 4.69) is 56.4 Å². The number of anilines is 2. The summed E-state index contributed by atoms with van der Waals surface area (Å²) in [6.45, 7) is 8.89. The normalized spacial score (nSPS) is 18.5. The van der Waals surface area contributed by atoms with Crippen LogP contribution in [-0.4, -0.2) is 23.5 Å². The van der Waals surface area contributed by atoms with Crippen LogP contribution in [0.25, 0.3) is 10.2 Å². The minimum Gasteiger partial charge on any atom is -0.462 e. The highest BCUT2D eigenvalue weighted by Gasteiger charge is 2.35. The number of aromatic nitrogens is 1. The van der Waals surface area contributed by atoms with Gasteiger partial charge in [0.15, 0.2) is 0 Å². The number of aryl methyl sites for hydroxylation is 1. The molecule has 3 heterocycles. The van der Waals surface area contributed by atoms with Crippen molar-refractivity contribution in [1.29, 1.82) is 0 Å². The average molecular weight is 588 g/mol. The van der Waals surface area contributed by atoms with Crippen LogP contribution in [0.15, 0.2) is 36.4 Å². The summed E-state index contributed by atoms with van der Waals surface area (Å²) in [7, 11) is 0. The Bertz CT molecular complexity index is 1630. The van der Waals surface area contributed by atoms with Crippen LogP contribution >= 0.6 is 22.7 Å². The lowest BCUT2D eigenvalue weighted by molar-refractivity contribution is 0.0526. The number of carbonyl (C=O) groups excluding carboxylic acids is 2. The van der Waals surface area contributed by atoms with Crippen molar-refractivity contribution in [3.8, 4) is 0 Å². The Balaban J connectivity index is 1.30.